The van der Waals surface area contributed by atoms with Gasteiger partial charge in [-0.3, -0.25) is 9.69 Å². The van der Waals surface area contributed by atoms with Gasteiger partial charge in [-0.1, -0.05) is 20.8 Å². The van der Waals surface area contributed by atoms with E-state index in [2.05, 4.69) is 31.0 Å². The van der Waals surface area contributed by atoms with Crippen molar-refractivity contribution in [1.82, 2.24) is 10.2 Å². The second kappa shape index (κ2) is 6.02. The molecule has 1 heterocycles. The molecule has 4 nitrogen and oxygen atoms in total. The number of ether oxygens (including phenoxy) is 1. The molecule has 0 bridgehead atoms. The Kier molecular flexibility index (Phi) is 4.62. The average Bonchev–Trinajstić information content (AvgIpc) is 3.03. The third kappa shape index (κ3) is 3.95. The predicted octanol–water partition coefficient (Wildman–Crippen LogP) is 1.12. The monoisotopic (exact) mass is 254 g/mol. The van der Waals surface area contributed by atoms with Gasteiger partial charge in [0.25, 0.3) is 0 Å². The minimum Gasteiger partial charge on any atom is -0.374 e. The highest BCUT2D eigenvalue weighted by molar-refractivity contribution is 5.81. The van der Waals surface area contributed by atoms with Gasteiger partial charge in [0.15, 0.2) is 0 Å². The van der Waals surface area contributed by atoms with Gasteiger partial charge in [-0.2, -0.15) is 0 Å². The minimum absolute atomic E-state index is 0.163. The molecule has 2 rings (SSSR count). The molecule has 1 saturated heterocycles. The van der Waals surface area contributed by atoms with Crippen LogP contribution in [0.1, 0.15) is 27.2 Å². The number of morpholine rings is 1. The fourth-order valence-corrected chi connectivity index (χ4v) is 2.62. The third-order valence-electron chi connectivity index (χ3n) is 3.80. The van der Waals surface area contributed by atoms with Crippen molar-refractivity contribution in [2.75, 3.05) is 32.8 Å². The van der Waals surface area contributed by atoms with E-state index in [-0.39, 0.29) is 17.9 Å². The first kappa shape index (κ1) is 13.8. The summed E-state index contributed by atoms with van der Waals surface area (Å²) in [6, 6.07) is 0. The average molecular weight is 254 g/mol. The van der Waals surface area contributed by atoms with Crippen molar-refractivity contribution in [1.29, 1.82) is 0 Å². The number of carbonyl (C=O) groups excluding carboxylic acids is 1. The molecule has 3 atom stereocenters. The topological polar surface area (TPSA) is 41.6 Å². The molecule has 0 aromatic heterocycles. The highest BCUT2D eigenvalue weighted by Gasteiger charge is 2.39. The van der Waals surface area contributed by atoms with E-state index < -0.39 is 0 Å². The molecule has 0 aromatic rings. The molecule has 1 aliphatic heterocycles. The number of hydrogen-bond donors (Lipinski definition) is 1. The van der Waals surface area contributed by atoms with Crippen molar-refractivity contribution in [2.45, 2.75) is 33.3 Å². The molecular weight excluding hydrogens is 228 g/mol. The molecule has 0 unspecified atom stereocenters. The Balaban J connectivity index is 1.67. The summed E-state index contributed by atoms with van der Waals surface area (Å²) < 4.78 is 5.71. The zero-order valence-corrected chi connectivity index (χ0v) is 11.8. The van der Waals surface area contributed by atoms with Crippen LogP contribution in [-0.4, -0.2) is 49.7 Å². The van der Waals surface area contributed by atoms with Gasteiger partial charge in [-0.05, 0) is 18.3 Å². The SMILES string of the molecule is CC(C)CN1CCO[C@H](CNC(=O)[C@H]2C[C@@H]2C)C1. The molecular formula is C14H26N2O2. The second-order valence-electron chi connectivity index (χ2n) is 6.21. The molecule has 0 aromatic carbocycles. The van der Waals surface area contributed by atoms with Crippen LogP contribution in [0, 0.1) is 17.8 Å². The normalized spacial score (nSPS) is 32.6. The lowest BCUT2D eigenvalue weighted by atomic mass is 10.2. The van der Waals surface area contributed by atoms with Crippen molar-refractivity contribution in [3.8, 4) is 0 Å². The Morgan fingerprint density at radius 3 is 2.83 bits per heavy atom. The number of nitrogens with one attached hydrogen (secondary N) is 1. The Morgan fingerprint density at radius 2 is 2.22 bits per heavy atom. The molecule has 2 aliphatic rings. The van der Waals surface area contributed by atoms with Crippen LogP contribution in [0.25, 0.3) is 0 Å². The van der Waals surface area contributed by atoms with Crippen LogP contribution in [-0.2, 0) is 9.53 Å². The van der Waals surface area contributed by atoms with E-state index in [4.69, 9.17) is 4.74 Å². The first-order valence-electron chi connectivity index (χ1n) is 7.18. The standard InChI is InChI=1S/C14H26N2O2/c1-10(2)8-16-4-5-18-12(9-16)7-15-14(17)13-6-11(13)3/h10-13H,4-9H2,1-3H3,(H,15,17)/t11-,12+,13-/m0/s1. The Bertz CT molecular complexity index is 294. The Labute approximate surface area is 110 Å². The van der Waals surface area contributed by atoms with Crippen LogP contribution >= 0.6 is 0 Å². The van der Waals surface area contributed by atoms with Gasteiger partial charge in [0.1, 0.15) is 0 Å². The largest absolute Gasteiger partial charge is 0.374 e. The Hall–Kier alpha value is -0.610. The molecule has 18 heavy (non-hydrogen) atoms. The van der Waals surface area contributed by atoms with Crippen LogP contribution in [0.5, 0.6) is 0 Å². The van der Waals surface area contributed by atoms with Gasteiger partial charge in [0, 0.05) is 32.1 Å². The summed E-state index contributed by atoms with van der Waals surface area (Å²) in [4.78, 5) is 14.2. The van der Waals surface area contributed by atoms with Gasteiger partial charge in [-0.15, -0.1) is 0 Å². The van der Waals surface area contributed by atoms with E-state index in [1.807, 2.05) is 0 Å². The van der Waals surface area contributed by atoms with E-state index >= 15 is 0 Å². The van der Waals surface area contributed by atoms with Crippen molar-refractivity contribution >= 4 is 5.91 Å². The number of hydrogen-bond acceptors (Lipinski definition) is 3. The molecule has 0 spiro atoms. The molecule has 1 saturated carbocycles. The summed E-state index contributed by atoms with van der Waals surface area (Å²) in [5.41, 5.74) is 0. The van der Waals surface area contributed by atoms with E-state index in [9.17, 15) is 4.79 Å². The molecule has 1 aliphatic carbocycles. The number of nitrogens with zero attached hydrogens (tertiary/aromatic N) is 1. The zero-order valence-electron chi connectivity index (χ0n) is 11.8. The van der Waals surface area contributed by atoms with Gasteiger partial charge in [0.05, 0.1) is 12.7 Å². The van der Waals surface area contributed by atoms with Crippen LogP contribution in [0.3, 0.4) is 0 Å². The van der Waals surface area contributed by atoms with Gasteiger partial charge in [0.2, 0.25) is 5.91 Å². The highest BCUT2D eigenvalue weighted by Crippen LogP contribution is 2.37. The molecule has 2 fully saturated rings. The van der Waals surface area contributed by atoms with Crippen molar-refractivity contribution in [2.24, 2.45) is 17.8 Å². The third-order valence-corrected chi connectivity index (χ3v) is 3.80. The number of carbonyl (C=O) groups is 1. The zero-order chi connectivity index (χ0) is 13.1. The molecule has 0 radical (unpaired) electrons. The van der Waals surface area contributed by atoms with Crippen molar-refractivity contribution < 1.29 is 9.53 Å². The quantitative estimate of drug-likeness (QED) is 0.799. The second-order valence-corrected chi connectivity index (χ2v) is 6.21. The first-order valence-corrected chi connectivity index (χ1v) is 7.18. The summed E-state index contributed by atoms with van der Waals surface area (Å²) in [5.74, 6) is 1.74. The molecule has 4 heteroatoms. The van der Waals surface area contributed by atoms with Crippen molar-refractivity contribution in [3.05, 3.63) is 0 Å². The van der Waals surface area contributed by atoms with Crippen LogP contribution in [0.4, 0.5) is 0 Å². The summed E-state index contributed by atoms with van der Waals surface area (Å²) in [6.07, 6.45) is 1.21. The summed E-state index contributed by atoms with van der Waals surface area (Å²) in [6.45, 7) is 11.1. The van der Waals surface area contributed by atoms with Gasteiger partial charge < -0.3 is 10.1 Å². The van der Waals surface area contributed by atoms with Crippen LogP contribution < -0.4 is 5.32 Å². The van der Waals surface area contributed by atoms with Gasteiger partial charge >= 0.3 is 0 Å². The van der Waals surface area contributed by atoms with Gasteiger partial charge in [-0.25, -0.2) is 0 Å². The number of rotatable bonds is 5. The fourth-order valence-electron chi connectivity index (χ4n) is 2.62. The molecule has 1 N–H and O–H groups in total. The Morgan fingerprint density at radius 1 is 1.50 bits per heavy atom. The maximum atomic E-state index is 11.7. The van der Waals surface area contributed by atoms with Crippen LogP contribution in [0.15, 0.2) is 0 Å². The predicted molar refractivity (Wildman–Crippen MR) is 71.3 cm³/mol. The lowest BCUT2D eigenvalue weighted by molar-refractivity contribution is -0.123. The summed E-state index contributed by atoms with van der Waals surface area (Å²) >= 11 is 0. The maximum Gasteiger partial charge on any atom is 0.223 e. The van der Waals surface area contributed by atoms with E-state index in [1.165, 1.54) is 0 Å². The van der Waals surface area contributed by atoms with E-state index in [0.29, 0.717) is 18.4 Å². The molecule has 1 amide bonds. The smallest absolute Gasteiger partial charge is 0.223 e. The van der Waals surface area contributed by atoms with E-state index in [1.54, 1.807) is 0 Å². The minimum atomic E-state index is 0.163. The summed E-state index contributed by atoms with van der Waals surface area (Å²) in [7, 11) is 0. The lowest BCUT2D eigenvalue weighted by Crippen LogP contribution is -2.48. The highest BCUT2D eigenvalue weighted by atomic mass is 16.5. The summed E-state index contributed by atoms with van der Waals surface area (Å²) in [5, 5.41) is 3.03. The maximum absolute atomic E-state index is 11.7. The van der Waals surface area contributed by atoms with E-state index in [0.717, 1.165) is 32.7 Å². The molecule has 104 valence electrons. The van der Waals surface area contributed by atoms with Crippen molar-refractivity contribution in [3.63, 3.8) is 0 Å². The lowest BCUT2D eigenvalue weighted by Gasteiger charge is -2.34. The fraction of sp³-hybridized carbons (Fsp3) is 0.929. The van der Waals surface area contributed by atoms with Crippen LogP contribution in [0.2, 0.25) is 0 Å². The first-order chi connectivity index (χ1) is 8.56. The number of amides is 1.